The second-order valence-electron chi connectivity index (χ2n) is 11.4. The molecule has 0 radical (unpaired) electrons. The van der Waals surface area contributed by atoms with Gasteiger partial charge in [-0.3, -0.25) is 19.4 Å². The van der Waals surface area contributed by atoms with Crippen LogP contribution in [0.2, 0.25) is 0 Å². The van der Waals surface area contributed by atoms with Crippen LogP contribution in [0.25, 0.3) is 11.1 Å². The van der Waals surface area contributed by atoms with Crippen molar-refractivity contribution in [2.24, 2.45) is 5.73 Å². The third-order valence-electron chi connectivity index (χ3n) is 6.88. The number of nitrogens with one attached hydrogen (secondary N) is 1. The van der Waals surface area contributed by atoms with Gasteiger partial charge in [0, 0.05) is 11.6 Å². The van der Waals surface area contributed by atoms with Crippen LogP contribution in [-0.2, 0) is 11.2 Å². The number of hydrogen-bond donors (Lipinski definition) is 2. The second-order valence-corrected chi connectivity index (χ2v) is 11.4. The molecule has 4 amide bonds. The highest BCUT2D eigenvalue weighted by Crippen LogP contribution is 2.36. The van der Waals surface area contributed by atoms with Crippen LogP contribution in [-0.4, -0.2) is 34.4 Å². The molecule has 5 rings (SSSR count). The zero-order chi connectivity index (χ0) is 32.6. The molecule has 0 fully saturated rings. The predicted molar refractivity (Wildman–Crippen MR) is 158 cm³/mol. The molecule has 3 N–H and O–H groups in total. The van der Waals surface area contributed by atoms with Crippen molar-refractivity contribution in [1.29, 1.82) is 0 Å². The average Bonchev–Trinajstić information content (AvgIpc) is 3.20. The highest BCUT2D eigenvalue weighted by molar-refractivity contribution is 6.34. The summed E-state index contributed by atoms with van der Waals surface area (Å²) >= 11 is 0. The third kappa shape index (κ3) is 6.54. The molecule has 12 heteroatoms. The first-order valence-corrected chi connectivity index (χ1v) is 13.7. The fourth-order valence-corrected chi connectivity index (χ4v) is 5.03. The van der Waals surface area contributed by atoms with Gasteiger partial charge in [-0.1, -0.05) is 18.2 Å². The average molecular weight is 617 g/mol. The molecular formula is C33H27F3N4O5. The molecule has 0 bridgehead atoms. The van der Waals surface area contributed by atoms with Gasteiger partial charge in [0.05, 0.1) is 40.3 Å². The lowest BCUT2D eigenvalue weighted by Gasteiger charge is -2.26. The number of alkyl carbamates (subject to hydrolysis) is 1. The topological polar surface area (TPSA) is 132 Å². The van der Waals surface area contributed by atoms with E-state index in [0.717, 1.165) is 29.2 Å². The van der Waals surface area contributed by atoms with Crippen LogP contribution >= 0.6 is 0 Å². The summed E-state index contributed by atoms with van der Waals surface area (Å²) in [6.45, 7) is 4.94. The number of amides is 4. The van der Waals surface area contributed by atoms with E-state index in [1.165, 1.54) is 30.5 Å². The Hall–Kier alpha value is -5.52. The second kappa shape index (κ2) is 11.9. The van der Waals surface area contributed by atoms with Gasteiger partial charge in [-0.2, -0.15) is 0 Å². The number of ether oxygens (including phenoxy) is 1. The number of carbonyl (C=O) groups is 4. The van der Waals surface area contributed by atoms with Gasteiger partial charge in [0.15, 0.2) is 0 Å². The number of carbonyl (C=O) groups excluding carboxylic acids is 4. The number of hydrogen-bond acceptors (Lipinski definition) is 6. The van der Waals surface area contributed by atoms with Crippen molar-refractivity contribution in [3.63, 3.8) is 0 Å². The molecule has 230 valence electrons. The third-order valence-corrected chi connectivity index (χ3v) is 6.88. The van der Waals surface area contributed by atoms with Crippen molar-refractivity contribution in [3.05, 3.63) is 118 Å². The number of halogens is 3. The summed E-state index contributed by atoms with van der Waals surface area (Å²) in [4.78, 5) is 57.0. The quantitative estimate of drug-likeness (QED) is 0.250. The number of aromatic nitrogens is 1. The number of anilines is 1. The Morgan fingerprint density at radius 2 is 1.53 bits per heavy atom. The highest BCUT2D eigenvalue weighted by atomic mass is 19.1. The number of nitrogens with zero attached hydrogens (tertiary/aromatic N) is 2. The number of benzene rings is 3. The van der Waals surface area contributed by atoms with E-state index in [9.17, 15) is 32.3 Å². The molecule has 1 aliphatic rings. The summed E-state index contributed by atoms with van der Waals surface area (Å²) in [5.41, 5.74) is 5.04. The minimum atomic E-state index is -1.12. The standard InChI is InChI=1S/C33H27F3N4O5/c1-33(2,3)45-32(44)39-27(12-17-10-19(34)14-20(35)11-17)28-24(18-8-9-26(36)25(13-18)29(37)41)15-21(16-38-28)40-30(42)22-6-4-5-7-23(22)31(40)43/h4-11,13-16,27H,12H2,1-3H3,(H2,37,41)(H,39,44)/t27-/m0/s1. The molecule has 0 aliphatic carbocycles. The fraction of sp³-hybridized carbons (Fsp3) is 0.182. The number of nitrogens with two attached hydrogens (primary N) is 1. The molecule has 9 nitrogen and oxygen atoms in total. The Bertz CT molecular complexity index is 1820. The largest absolute Gasteiger partial charge is 0.444 e. The molecule has 0 spiro atoms. The molecule has 3 aromatic carbocycles. The van der Waals surface area contributed by atoms with Crippen molar-refractivity contribution >= 4 is 29.5 Å². The van der Waals surface area contributed by atoms with Crippen molar-refractivity contribution < 1.29 is 37.1 Å². The first kappa shape index (κ1) is 30.9. The minimum absolute atomic E-state index is 0.0396. The van der Waals surface area contributed by atoms with Crippen LogP contribution in [0, 0.1) is 17.5 Å². The lowest BCUT2D eigenvalue weighted by atomic mass is 9.94. The summed E-state index contributed by atoms with van der Waals surface area (Å²) in [7, 11) is 0. The van der Waals surface area contributed by atoms with Crippen LogP contribution in [0.3, 0.4) is 0 Å². The summed E-state index contributed by atoms with van der Waals surface area (Å²) in [6.07, 6.45) is 0.164. The van der Waals surface area contributed by atoms with Crippen molar-refractivity contribution in [2.45, 2.75) is 38.8 Å². The van der Waals surface area contributed by atoms with Gasteiger partial charge in [0.2, 0.25) is 0 Å². The Morgan fingerprint density at radius 3 is 2.11 bits per heavy atom. The lowest BCUT2D eigenvalue weighted by Crippen LogP contribution is -2.36. The van der Waals surface area contributed by atoms with Crippen LogP contribution < -0.4 is 16.0 Å². The van der Waals surface area contributed by atoms with E-state index < -0.39 is 58.5 Å². The normalized spacial score (nSPS) is 13.4. The Kier molecular flexibility index (Phi) is 8.16. The maximum atomic E-state index is 14.5. The van der Waals surface area contributed by atoms with E-state index in [2.05, 4.69) is 10.3 Å². The number of fused-ring (bicyclic) bond motifs is 1. The molecule has 4 aromatic rings. The van der Waals surface area contributed by atoms with Crippen LogP contribution in [0.4, 0.5) is 23.7 Å². The number of pyridine rings is 1. The molecule has 2 heterocycles. The van der Waals surface area contributed by atoms with E-state index in [0.29, 0.717) is 6.07 Å². The Labute approximate surface area is 255 Å². The van der Waals surface area contributed by atoms with Crippen LogP contribution in [0.5, 0.6) is 0 Å². The van der Waals surface area contributed by atoms with Crippen LogP contribution in [0.15, 0.2) is 72.9 Å². The molecule has 1 aliphatic heterocycles. The summed E-state index contributed by atoms with van der Waals surface area (Å²) in [5.74, 6) is -4.85. The Morgan fingerprint density at radius 1 is 0.911 bits per heavy atom. The van der Waals surface area contributed by atoms with Gasteiger partial charge in [-0.25, -0.2) is 22.9 Å². The van der Waals surface area contributed by atoms with E-state index in [4.69, 9.17) is 10.5 Å². The first-order chi connectivity index (χ1) is 21.2. The van der Waals surface area contributed by atoms with Crippen molar-refractivity contribution in [3.8, 4) is 11.1 Å². The predicted octanol–water partition coefficient (Wildman–Crippen LogP) is 5.87. The highest BCUT2D eigenvalue weighted by Gasteiger charge is 2.37. The number of primary amides is 1. The molecule has 0 saturated carbocycles. The van der Waals surface area contributed by atoms with E-state index in [1.807, 2.05) is 0 Å². The van der Waals surface area contributed by atoms with E-state index in [1.54, 1.807) is 32.9 Å². The zero-order valence-electron chi connectivity index (χ0n) is 24.4. The molecule has 0 saturated heterocycles. The van der Waals surface area contributed by atoms with Gasteiger partial charge in [-0.15, -0.1) is 0 Å². The maximum absolute atomic E-state index is 14.5. The SMILES string of the molecule is CC(C)(C)OC(=O)N[C@@H](Cc1cc(F)cc(F)c1)c1ncc(N2C(=O)c3ccccc3C2=O)cc1-c1ccc(F)c(C(N)=O)c1. The van der Waals surface area contributed by atoms with E-state index >= 15 is 0 Å². The molecule has 0 unspecified atom stereocenters. The zero-order valence-corrected chi connectivity index (χ0v) is 24.4. The summed E-state index contributed by atoms with van der Waals surface area (Å²) in [5, 5.41) is 2.68. The van der Waals surface area contributed by atoms with Gasteiger partial charge >= 0.3 is 6.09 Å². The first-order valence-electron chi connectivity index (χ1n) is 13.7. The summed E-state index contributed by atoms with van der Waals surface area (Å²) in [6, 6.07) is 12.9. The van der Waals surface area contributed by atoms with Gasteiger partial charge in [-0.05, 0) is 80.8 Å². The summed E-state index contributed by atoms with van der Waals surface area (Å²) < 4.78 is 48.3. The smallest absolute Gasteiger partial charge is 0.408 e. The molecular weight excluding hydrogens is 589 g/mol. The Balaban J connectivity index is 1.68. The monoisotopic (exact) mass is 616 g/mol. The van der Waals surface area contributed by atoms with Crippen LogP contribution in [0.1, 0.15) is 69.1 Å². The van der Waals surface area contributed by atoms with Gasteiger partial charge < -0.3 is 15.8 Å². The van der Waals surface area contributed by atoms with Gasteiger partial charge in [0.1, 0.15) is 23.1 Å². The lowest BCUT2D eigenvalue weighted by molar-refractivity contribution is 0.0502. The fourth-order valence-electron chi connectivity index (χ4n) is 5.03. The van der Waals surface area contributed by atoms with Crippen molar-refractivity contribution in [1.82, 2.24) is 10.3 Å². The van der Waals surface area contributed by atoms with E-state index in [-0.39, 0.29) is 45.6 Å². The number of imide groups is 1. The van der Waals surface area contributed by atoms with Crippen molar-refractivity contribution in [2.75, 3.05) is 4.90 Å². The maximum Gasteiger partial charge on any atom is 0.408 e. The molecule has 45 heavy (non-hydrogen) atoms. The number of rotatable bonds is 7. The molecule has 1 aromatic heterocycles. The minimum Gasteiger partial charge on any atom is -0.444 e. The van der Waals surface area contributed by atoms with Gasteiger partial charge in [0.25, 0.3) is 17.7 Å². The molecule has 1 atom stereocenters.